The van der Waals surface area contributed by atoms with Gasteiger partial charge in [-0.25, -0.2) is 30.4 Å². The van der Waals surface area contributed by atoms with Crippen LogP contribution in [0.2, 0.25) is 0 Å². The molecule has 0 saturated carbocycles. The van der Waals surface area contributed by atoms with Crippen LogP contribution in [0.25, 0.3) is 0 Å². The first-order valence-electron chi connectivity index (χ1n) is 8.70. The van der Waals surface area contributed by atoms with Crippen molar-refractivity contribution in [2.24, 2.45) is 5.14 Å². The Kier molecular flexibility index (Phi) is 6.01. The minimum absolute atomic E-state index is 0.0469. The molecule has 1 heterocycles. The van der Waals surface area contributed by atoms with Gasteiger partial charge >= 0.3 is 0 Å². The number of anilines is 1. The summed E-state index contributed by atoms with van der Waals surface area (Å²) < 4.78 is 76.1. The van der Waals surface area contributed by atoms with E-state index in [0.29, 0.717) is 18.7 Å². The number of nitrogens with two attached hydrogens (primary N) is 1. The summed E-state index contributed by atoms with van der Waals surface area (Å²) in [5.74, 6) is -0.354. The van der Waals surface area contributed by atoms with Crippen molar-refractivity contribution in [1.29, 1.82) is 0 Å². The Morgan fingerprint density at radius 1 is 0.793 bits per heavy atom. The zero-order chi connectivity index (χ0) is 21.3. The molecule has 29 heavy (non-hydrogen) atoms. The molecular weight excluding hydrogens is 438 g/mol. The molecule has 2 aromatic rings. The summed E-state index contributed by atoms with van der Waals surface area (Å²) >= 11 is 0. The fraction of sp³-hybridized carbons (Fsp3) is 0.294. The van der Waals surface area contributed by atoms with E-state index in [1.54, 1.807) is 0 Å². The van der Waals surface area contributed by atoms with Crippen molar-refractivity contribution in [2.75, 3.05) is 17.8 Å². The average Bonchev–Trinajstić information content (AvgIpc) is 3.18. The quantitative estimate of drug-likeness (QED) is 0.634. The summed E-state index contributed by atoms with van der Waals surface area (Å²) in [5, 5.41) is 4.98. The van der Waals surface area contributed by atoms with Gasteiger partial charge < -0.3 is 0 Å². The van der Waals surface area contributed by atoms with Crippen LogP contribution in [-0.2, 0) is 35.8 Å². The third-order valence-corrected chi connectivity index (χ3v) is 8.46. The van der Waals surface area contributed by atoms with E-state index in [4.69, 9.17) is 5.14 Å². The van der Waals surface area contributed by atoms with Gasteiger partial charge in [0, 0.05) is 18.8 Å². The molecule has 158 valence electrons. The van der Waals surface area contributed by atoms with Gasteiger partial charge in [-0.1, -0.05) is 12.1 Å². The molecule has 1 aliphatic heterocycles. The topological polar surface area (TPSA) is 144 Å². The summed E-state index contributed by atoms with van der Waals surface area (Å²) in [6, 6.07) is 10.8. The van der Waals surface area contributed by atoms with Crippen LogP contribution >= 0.6 is 0 Å². The zero-order valence-corrected chi connectivity index (χ0v) is 17.8. The molecule has 1 fully saturated rings. The lowest BCUT2D eigenvalue weighted by Crippen LogP contribution is -2.27. The molecule has 9 nitrogen and oxygen atoms in total. The monoisotopic (exact) mass is 459 g/mol. The predicted molar refractivity (Wildman–Crippen MR) is 108 cm³/mol. The molecule has 1 aliphatic rings. The molecule has 0 aromatic heterocycles. The second kappa shape index (κ2) is 8.03. The van der Waals surface area contributed by atoms with E-state index in [-0.39, 0.29) is 21.2 Å². The smallest absolute Gasteiger partial charge is 0.261 e. The lowest BCUT2D eigenvalue weighted by molar-refractivity contribution is 0.477. The summed E-state index contributed by atoms with van der Waals surface area (Å²) in [6.45, 7) is 0.927. The van der Waals surface area contributed by atoms with Gasteiger partial charge in [-0.2, -0.15) is 4.31 Å². The van der Waals surface area contributed by atoms with Crippen LogP contribution in [0.5, 0.6) is 0 Å². The van der Waals surface area contributed by atoms with Crippen molar-refractivity contribution in [3.8, 4) is 0 Å². The molecule has 0 atom stereocenters. The van der Waals surface area contributed by atoms with Gasteiger partial charge in [-0.05, 0) is 54.8 Å². The highest BCUT2D eigenvalue weighted by atomic mass is 32.2. The van der Waals surface area contributed by atoms with Crippen LogP contribution in [-0.4, -0.2) is 42.6 Å². The molecule has 1 saturated heterocycles. The number of hydrogen-bond acceptors (Lipinski definition) is 6. The van der Waals surface area contributed by atoms with Gasteiger partial charge in [0.1, 0.15) is 0 Å². The van der Waals surface area contributed by atoms with Crippen LogP contribution < -0.4 is 9.86 Å². The molecule has 2 aromatic carbocycles. The highest BCUT2D eigenvalue weighted by Gasteiger charge is 2.27. The van der Waals surface area contributed by atoms with Gasteiger partial charge in [0.15, 0.2) is 0 Å². The fourth-order valence-corrected chi connectivity index (χ4v) is 6.22. The lowest BCUT2D eigenvalue weighted by atomic mass is 10.2. The zero-order valence-electron chi connectivity index (χ0n) is 15.4. The fourth-order valence-electron chi connectivity index (χ4n) is 2.98. The molecule has 3 rings (SSSR count). The predicted octanol–water partition coefficient (Wildman–Crippen LogP) is 1.06. The number of rotatable bonds is 7. The maximum atomic E-state index is 12.5. The van der Waals surface area contributed by atoms with E-state index in [2.05, 4.69) is 4.72 Å². The Morgan fingerprint density at radius 2 is 1.31 bits per heavy atom. The maximum Gasteiger partial charge on any atom is 0.261 e. The molecule has 0 spiro atoms. The van der Waals surface area contributed by atoms with E-state index in [9.17, 15) is 25.3 Å². The van der Waals surface area contributed by atoms with E-state index >= 15 is 0 Å². The third kappa shape index (κ3) is 5.34. The van der Waals surface area contributed by atoms with Crippen LogP contribution in [0.1, 0.15) is 18.4 Å². The summed E-state index contributed by atoms with van der Waals surface area (Å²) in [4.78, 5) is -0.0443. The van der Waals surface area contributed by atoms with E-state index in [0.717, 1.165) is 12.8 Å². The molecule has 0 unspecified atom stereocenters. The van der Waals surface area contributed by atoms with Crippen LogP contribution in [0, 0.1) is 0 Å². The van der Waals surface area contributed by atoms with Crippen molar-refractivity contribution in [3.05, 3.63) is 54.1 Å². The summed E-state index contributed by atoms with van der Waals surface area (Å²) in [7, 11) is -11.2. The van der Waals surface area contributed by atoms with Crippen molar-refractivity contribution < 1.29 is 25.3 Å². The summed E-state index contributed by atoms with van der Waals surface area (Å²) in [6.07, 6.45) is 1.62. The van der Waals surface area contributed by atoms with Crippen LogP contribution in [0.15, 0.2) is 58.3 Å². The minimum atomic E-state index is -3.94. The number of hydrogen-bond donors (Lipinski definition) is 2. The Balaban J connectivity index is 1.76. The van der Waals surface area contributed by atoms with Gasteiger partial charge in [-0.15, -0.1) is 0 Å². The molecule has 0 aliphatic carbocycles. The number of sulfonamides is 3. The Labute approximate surface area is 170 Å². The first-order chi connectivity index (χ1) is 13.5. The Hall–Kier alpha value is -1.99. The second-order valence-electron chi connectivity index (χ2n) is 6.69. The molecule has 0 bridgehead atoms. The van der Waals surface area contributed by atoms with Gasteiger partial charge in [0.2, 0.25) is 20.0 Å². The lowest BCUT2D eigenvalue weighted by Gasteiger charge is -2.15. The van der Waals surface area contributed by atoms with Crippen molar-refractivity contribution in [2.45, 2.75) is 28.4 Å². The normalized spacial score (nSPS) is 16.0. The van der Waals surface area contributed by atoms with Crippen LogP contribution in [0.3, 0.4) is 0 Å². The Bertz CT molecular complexity index is 1180. The number of nitrogens with zero attached hydrogens (tertiary/aromatic N) is 1. The number of nitrogens with one attached hydrogen (secondary N) is 1. The number of benzene rings is 2. The van der Waals surface area contributed by atoms with Crippen molar-refractivity contribution in [3.63, 3.8) is 0 Å². The largest absolute Gasteiger partial charge is 0.280 e. The van der Waals surface area contributed by atoms with E-state index in [1.165, 1.54) is 52.8 Å². The minimum Gasteiger partial charge on any atom is -0.280 e. The first kappa shape index (κ1) is 21.7. The average molecular weight is 460 g/mol. The maximum absolute atomic E-state index is 12.5. The highest BCUT2D eigenvalue weighted by molar-refractivity contribution is 7.92. The molecule has 3 N–H and O–H groups in total. The standard InChI is InChI=1S/C17H21N3O6S3/c18-27(21,22)13-14-3-5-15(6-4-14)19-28(23,24)16-7-9-17(10-8-16)29(25,26)20-11-1-2-12-20/h3-10,19H,1-2,11-13H2,(H2,18,21,22). The van der Waals surface area contributed by atoms with Gasteiger partial charge in [0.05, 0.1) is 15.5 Å². The van der Waals surface area contributed by atoms with Gasteiger partial charge in [-0.3, -0.25) is 4.72 Å². The summed E-state index contributed by atoms with van der Waals surface area (Å²) in [5.41, 5.74) is 0.656. The van der Waals surface area contributed by atoms with E-state index < -0.39 is 30.1 Å². The molecule has 0 radical (unpaired) electrons. The molecule has 12 heteroatoms. The van der Waals surface area contributed by atoms with Crippen molar-refractivity contribution in [1.82, 2.24) is 4.31 Å². The van der Waals surface area contributed by atoms with Crippen LogP contribution in [0.4, 0.5) is 5.69 Å². The molecular formula is C17H21N3O6S3. The van der Waals surface area contributed by atoms with Gasteiger partial charge in [0.25, 0.3) is 10.0 Å². The molecule has 0 amide bonds. The number of primary sulfonamides is 1. The SMILES string of the molecule is NS(=O)(=O)Cc1ccc(NS(=O)(=O)c2ccc(S(=O)(=O)N3CCCC3)cc2)cc1. The van der Waals surface area contributed by atoms with E-state index in [1.807, 2.05) is 0 Å². The first-order valence-corrected chi connectivity index (χ1v) is 13.3. The second-order valence-corrected chi connectivity index (χ2v) is 11.9. The Morgan fingerprint density at radius 3 is 1.83 bits per heavy atom. The third-order valence-electron chi connectivity index (χ3n) is 4.41. The van der Waals surface area contributed by atoms with Crippen molar-refractivity contribution >= 4 is 35.8 Å². The highest BCUT2D eigenvalue weighted by Crippen LogP contribution is 2.23.